The van der Waals surface area contributed by atoms with Crippen molar-refractivity contribution in [2.45, 2.75) is 52.5 Å². The number of nitrogens with zero attached hydrogens (tertiary/aromatic N) is 2. The molecule has 2 aromatic rings. The summed E-state index contributed by atoms with van der Waals surface area (Å²) >= 11 is 0. The Bertz CT molecular complexity index is 536. The maximum absolute atomic E-state index is 4.77. The molecule has 2 nitrogen and oxygen atoms in total. The normalized spacial score (nSPS) is 13.3. The van der Waals surface area contributed by atoms with Gasteiger partial charge in [-0.25, -0.2) is 0 Å². The number of hydrogen-bond acceptors (Lipinski definition) is 1. The Hall–Kier alpha value is -1.31. The second kappa shape index (κ2) is 3.59. The van der Waals surface area contributed by atoms with E-state index in [1.54, 1.807) is 0 Å². The van der Waals surface area contributed by atoms with Crippen LogP contribution in [0, 0.1) is 0 Å². The Kier molecular flexibility index (Phi) is 2.57. The number of hydrogen-bond donors (Lipinski definition) is 0. The minimum Gasteiger partial charge on any atom is -0.266 e. The molecule has 2 heteroatoms. The van der Waals surface area contributed by atoms with Gasteiger partial charge in [0.05, 0.1) is 11.1 Å². The van der Waals surface area contributed by atoms with E-state index < -0.39 is 0 Å². The van der Waals surface area contributed by atoms with Gasteiger partial charge in [0.25, 0.3) is 0 Å². The van der Waals surface area contributed by atoms with Crippen molar-refractivity contribution < 1.29 is 0 Å². The first kappa shape index (κ1) is 12.2. The SMILES string of the molecule is CC(C)(C)c1cccc2cn(C(C)(C)C)nc12. The monoisotopic (exact) mass is 230 g/mol. The Morgan fingerprint density at radius 3 is 2.18 bits per heavy atom. The summed E-state index contributed by atoms with van der Waals surface area (Å²) in [7, 11) is 0. The number of aromatic nitrogens is 2. The predicted molar refractivity (Wildman–Crippen MR) is 73.4 cm³/mol. The lowest BCUT2D eigenvalue weighted by Gasteiger charge is -2.20. The summed E-state index contributed by atoms with van der Waals surface area (Å²) in [5.41, 5.74) is 2.62. The van der Waals surface area contributed by atoms with Crippen LogP contribution >= 0.6 is 0 Å². The molecule has 1 aromatic heterocycles. The topological polar surface area (TPSA) is 17.8 Å². The molecular weight excluding hydrogens is 208 g/mol. The Morgan fingerprint density at radius 2 is 1.65 bits per heavy atom. The van der Waals surface area contributed by atoms with E-state index in [4.69, 9.17) is 5.10 Å². The number of benzene rings is 1. The third-order valence-electron chi connectivity index (χ3n) is 3.03. The molecule has 2 rings (SSSR count). The molecule has 0 aliphatic carbocycles. The Morgan fingerprint density at radius 1 is 1.00 bits per heavy atom. The molecule has 1 aromatic carbocycles. The highest BCUT2D eigenvalue weighted by atomic mass is 15.3. The lowest BCUT2D eigenvalue weighted by molar-refractivity contribution is 0.358. The fourth-order valence-corrected chi connectivity index (χ4v) is 1.99. The molecule has 0 saturated carbocycles. The molecule has 1 heterocycles. The zero-order chi connectivity index (χ0) is 12.8. The molecule has 0 aliphatic rings. The van der Waals surface area contributed by atoms with Crippen LogP contribution in [0.15, 0.2) is 24.4 Å². The van der Waals surface area contributed by atoms with Crippen molar-refractivity contribution in [1.29, 1.82) is 0 Å². The van der Waals surface area contributed by atoms with Crippen molar-refractivity contribution in [1.82, 2.24) is 9.78 Å². The standard InChI is InChI=1S/C15H22N2/c1-14(2,3)12-9-7-8-11-10-17(15(4,5)6)16-13(11)12/h7-10H,1-6H3. The summed E-state index contributed by atoms with van der Waals surface area (Å²) in [6, 6.07) is 6.44. The summed E-state index contributed by atoms with van der Waals surface area (Å²) in [5.74, 6) is 0. The molecule has 0 bridgehead atoms. The molecule has 0 atom stereocenters. The van der Waals surface area contributed by atoms with E-state index in [1.165, 1.54) is 10.9 Å². The molecular formula is C15H22N2. The largest absolute Gasteiger partial charge is 0.266 e. The van der Waals surface area contributed by atoms with E-state index in [0.717, 1.165) is 5.52 Å². The lowest BCUT2D eigenvalue weighted by atomic mass is 9.86. The van der Waals surface area contributed by atoms with Gasteiger partial charge >= 0.3 is 0 Å². The minimum absolute atomic E-state index is 0.0359. The molecule has 17 heavy (non-hydrogen) atoms. The average molecular weight is 230 g/mol. The molecule has 0 spiro atoms. The summed E-state index contributed by atoms with van der Waals surface area (Å²) in [6.07, 6.45) is 2.14. The van der Waals surface area contributed by atoms with Crippen LogP contribution in [0.1, 0.15) is 47.1 Å². The van der Waals surface area contributed by atoms with Crippen LogP contribution in [0.3, 0.4) is 0 Å². The summed E-state index contributed by atoms with van der Waals surface area (Å²) in [4.78, 5) is 0. The second-order valence-corrected chi connectivity index (χ2v) is 6.74. The fraction of sp³-hybridized carbons (Fsp3) is 0.533. The van der Waals surface area contributed by atoms with Gasteiger partial charge in [0, 0.05) is 11.6 Å². The van der Waals surface area contributed by atoms with Gasteiger partial charge in [0.15, 0.2) is 0 Å². The van der Waals surface area contributed by atoms with Gasteiger partial charge in [0.1, 0.15) is 0 Å². The maximum Gasteiger partial charge on any atom is 0.0960 e. The zero-order valence-corrected chi connectivity index (χ0v) is 11.7. The second-order valence-electron chi connectivity index (χ2n) is 6.74. The van der Waals surface area contributed by atoms with Crippen molar-refractivity contribution in [2.75, 3.05) is 0 Å². The molecule has 0 radical (unpaired) electrons. The van der Waals surface area contributed by atoms with Gasteiger partial charge in [0.2, 0.25) is 0 Å². The highest BCUT2D eigenvalue weighted by molar-refractivity contribution is 5.82. The van der Waals surface area contributed by atoms with E-state index in [2.05, 4.69) is 70.6 Å². The molecule has 0 saturated heterocycles. The summed E-state index contributed by atoms with van der Waals surface area (Å²) < 4.78 is 2.06. The third kappa shape index (κ3) is 2.21. The minimum atomic E-state index is 0.0359. The average Bonchev–Trinajstić information content (AvgIpc) is 2.57. The first-order valence-electron chi connectivity index (χ1n) is 6.19. The fourth-order valence-electron chi connectivity index (χ4n) is 1.99. The first-order valence-corrected chi connectivity index (χ1v) is 6.19. The van der Waals surface area contributed by atoms with Crippen molar-refractivity contribution in [2.24, 2.45) is 0 Å². The van der Waals surface area contributed by atoms with E-state index in [0.29, 0.717) is 0 Å². The predicted octanol–water partition coefficient (Wildman–Crippen LogP) is 4.09. The molecule has 0 aliphatic heterocycles. The first-order chi connectivity index (χ1) is 7.69. The highest BCUT2D eigenvalue weighted by Crippen LogP contribution is 2.30. The van der Waals surface area contributed by atoms with E-state index in [-0.39, 0.29) is 11.0 Å². The zero-order valence-electron chi connectivity index (χ0n) is 11.7. The molecule has 0 amide bonds. The van der Waals surface area contributed by atoms with Crippen molar-refractivity contribution in [3.63, 3.8) is 0 Å². The van der Waals surface area contributed by atoms with E-state index in [9.17, 15) is 0 Å². The van der Waals surface area contributed by atoms with Gasteiger partial charge in [-0.3, -0.25) is 4.68 Å². The van der Waals surface area contributed by atoms with Crippen molar-refractivity contribution in [3.05, 3.63) is 30.0 Å². The van der Waals surface area contributed by atoms with Crippen LogP contribution in [0.5, 0.6) is 0 Å². The molecule has 0 fully saturated rings. The molecule has 0 unspecified atom stereocenters. The van der Waals surface area contributed by atoms with Crippen LogP contribution in [-0.4, -0.2) is 9.78 Å². The molecule has 0 N–H and O–H groups in total. The Balaban J connectivity index is 2.70. The van der Waals surface area contributed by atoms with Gasteiger partial charge in [-0.1, -0.05) is 39.0 Å². The third-order valence-corrected chi connectivity index (χ3v) is 3.03. The van der Waals surface area contributed by atoms with Crippen LogP contribution in [0.25, 0.3) is 10.9 Å². The van der Waals surface area contributed by atoms with Gasteiger partial charge in [-0.15, -0.1) is 0 Å². The van der Waals surface area contributed by atoms with Gasteiger partial charge < -0.3 is 0 Å². The van der Waals surface area contributed by atoms with Crippen LogP contribution in [-0.2, 0) is 11.0 Å². The summed E-state index contributed by atoms with van der Waals surface area (Å²) in [6.45, 7) is 13.2. The quantitative estimate of drug-likeness (QED) is 0.666. The van der Waals surface area contributed by atoms with Gasteiger partial charge in [-0.2, -0.15) is 5.10 Å². The maximum atomic E-state index is 4.77. The molecule has 92 valence electrons. The van der Waals surface area contributed by atoms with Crippen LogP contribution < -0.4 is 0 Å². The van der Waals surface area contributed by atoms with Gasteiger partial charge in [-0.05, 0) is 31.7 Å². The van der Waals surface area contributed by atoms with Crippen LogP contribution in [0.2, 0.25) is 0 Å². The smallest absolute Gasteiger partial charge is 0.0960 e. The Labute approximate surface area is 104 Å². The number of rotatable bonds is 0. The lowest BCUT2D eigenvalue weighted by Crippen LogP contribution is -2.22. The van der Waals surface area contributed by atoms with Crippen molar-refractivity contribution >= 4 is 10.9 Å². The van der Waals surface area contributed by atoms with E-state index in [1.807, 2.05) is 0 Å². The van der Waals surface area contributed by atoms with Crippen molar-refractivity contribution in [3.8, 4) is 0 Å². The number of fused-ring (bicyclic) bond motifs is 1. The summed E-state index contributed by atoms with van der Waals surface area (Å²) in [5, 5.41) is 6.00. The van der Waals surface area contributed by atoms with Crippen LogP contribution in [0.4, 0.5) is 0 Å². The highest BCUT2D eigenvalue weighted by Gasteiger charge is 2.21. The van der Waals surface area contributed by atoms with E-state index >= 15 is 0 Å².